The van der Waals surface area contributed by atoms with E-state index in [1.54, 1.807) is 0 Å². The van der Waals surface area contributed by atoms with Crippen LogP contribution in [0.2, 0.25) is 0 Å². The van der Waals surface area contributed by atoms with Gasteiger partial charge in [-0.15, -0.1) is 0 Å². The molecule has 0 spiro atoms. The van der Waals surface area contributed by atoms with Gasteiger partial charge in [-0.25, -0.2) is 4.79 Å². The molecule has 9 heavy (non-hydrogen) atoms. The lowest BCUT2D eigenvalue weighted by molar-refractivity contribution is 0.123. The molecule has 0 radical (unpaired) electrons. The Labute approximate surface area is 62.9 Å². The molecule has 0 unspecified atom stereocenters. The lowest BCUT2D eigenvalue weighted by Crippen LogP contribution is -2.00. The van der Waals surface area contributed by atoms with E-state index >= 15 is 0 Å². The van der Waals surface area contributed by atoms with Gasteiger partial charge in [0.2, 0.25) is 0 Å². The van der Waals surface area contributed by atoms with E-state index in [9.17, 15) is 4.79 Å². The van der Waals surface area contributed by atoms with Crippen molar-refractivity contribution < 1.29 is 13.7 Å². The zero-order chi connectivity index (χ0) is 7.11. The van der Waals surface area contributed by atoms with Crippen LogP contribution in [0.3, 0.4) is 0 Å². The lowest BCUT2D eigenvalue weighted by atomic mass is 11.0. The van der Waals surface area contributed by atoms with Crippen molar-refractivity contribution in [3.05, 3.63) is 0 Å². The molecule has 0 aromatic carbocycles. The van der Waals surface area contributed by atoms with Gasteiger partial charge in [-0.3, -0.25) is 0 Å². The standard InChI is InChI=1S/C4H7ClO3S/c1-2-9-8-4(6)7-3-5/h2-3H2,1H3. The van der Waals surface area contributed by atoms with Crippen molar-refractivity contribution in [2.75, 3.05) is 11.8 Å². The van der Waals surface area contributed by atoms with Gasteiger partial charge in [0.1, 0.15) is 0 Å². The Kier molecular flexibility index (Phi) is 5.98. The molecule has 0 amide bonds. The number of halogens is 1. The molecule has 0 heterocycles. The summed E-state index contributed by atoms with van der Waals surface area (Å²) in [6, 6.07) is -0.164. The van der Waals surface area contributed by atoms with Crippen LogP contribution in [0, 0.1) is 0 Å². The van der Waals surface area contributed by atoms with Crippen LogP contribution in [-0.2, 0) is 8.92 Å². The van der Waals surface area contributed by atoms with Gasteiger partial charge in [0.15, 0.2) is 6.07 Å². The van der Waals surface area contributed by atoms with E-state index < -0.39 is 6.16 Å². The zero-order valence-corrected chi connectivity index (χ0v) is 6.50. The van der Waals surface area contributed by atoms with E-state index in [1.807, 2.05) is 6.92 Å². The predicted molar refractivity (Wildman–Crippen MR) is 36.4 cm³/mol. The number of rotatable bonds is 3. The van der Waals surface area contributed by atoms with Crippen molar-refractivity contribution in [1.29, 1.82) is 0 Å². The van der Waals surface area contributed by atoms with Crippen LogP contribution in [0.4, 0.5) is 4.79 Å². The Morgan fingerprint density at radius 1 is 1.78 bits per heavy atom. The molecule has 0 rings (SSSR count). The van der Waals surface area contributed by atoms with Crippen LogP contribution in [-0.4, -0.2) is 18.0 Å². The minimum Gasteiger partial charge on any atom is -0.417 e. The number of hydrogen-bond acceptors (Lipinski definition) is 4. The molecular weight excluding hydrogens is 164 g/mol. The largest absolute Gasteiger partial charge is 0.521 e. The molecule has 0 fully saturated rings. The Morgan fingerprint density at radius 2 is 2.44 bits per heavy atom. The maximum absolute atomic E-state index is 10.3. The molecule has 0 aliphatic rings. The average Bonchev–Trinajstić information content (AvgIpc) is 1.85. The summed E-state index contributed by atoms with van der Waals surface area (Å²) >= 11 is 6.07. The van der Waals surface area contributed by atoms with E-state index in [0.29, 0.717) is 5.75 Å². The summed E-state index contributed by atoms with van der Waals surface area (Å²) in [5.41, 5.74) is 0. The van der Waals surface area contributed by atoms with Crippen LogP contribution in [0.15, 0.2) is 0 Å². The van der Waals surface area contributed by atoms with Crippen LogP contribution in [0.5, 0.6) is 0 Å². The molecule has 5 heteroatoms. The molecule has 0 saturated carbocycles. The van der Waals surface area contributed by atoms with Gasteiger partial charge in [0.25, 0.3) is 0 Å². The van der Waals surface area contributed by atoms with Gasteiger partial charge in [0.05, 0.1) is 12.0 Å². The van der Waals surface area contributed by atoms with Gasteiger partial charge in [0, 0.05) is 5.75 Å². The average molecular weight is 171 g/mol. The second kappa shape index (κ2) is 6.04. The fourth-order valence-electron chi connectivity index (χ4n) is 0.176. The van der Waals surface area contributed by atoms with Gasteiger partial charge in [-0.05, 0) is 0 Å². The summed E-state index contributed by atoms with van der Waals surface area (Å²) in [5, 5.41) is 0. The number of hydrogen-bond donors (Lipinski definition) is 0. The van der Waals surface area contributed by atoms with E-state index in [4.69, 9.17) is 11.6 Å². The summed E-state index contributed by atoms with van der Waals surface area (Å²) in [6.45, 7) is 1.86. The first kappa shape index (κ1) is 8.91. The molecule has 0 saturated heterocycles. The molecular formula is C4H7ClO3S. The second-order valence-electron chi connectivity index (χ2n) is 0.993. The molecule has 0 aliphatic heterocycles. The summed E-state index contributed by atoms with van der Waals surface area (Å²) in [6.07, 6.45) is -0.739. The van der Waals surface area contributed by atoms with Crippen molar-refractivity contribution in [3.63, 3.8) is 0 Å². The third-order valence-electron chi connectivity index (χ3n) is 0.417. The highest BCUT2D eigenvalue weighted by atomic mass is 35.5. The molecule has 0 aliphatic carbocycles. The maximum Gasteiger partial charge on any atom is 0.521 e. The summed E-state index contributed by atoms with van der Waals surface area (Å²) in [7, 11) is 0. The smallest absolute Gasteiger partial charge is 0.417 e. The Bertz CT molecular complexity index is 87.9. The first-order valence-corrected chi connectivity index (χ1v) is 3.78. The summed E-state index contributed by atoms with van der Waals surface area (Å²) in [5.74, 6) is 0.706. The molecule has 0 N–H and O–H groups in total. The van der Waals surface area contributed by atoms with Gasteiger partial charge < -0.3 is 8.92 Å². The number of alkyl halides is 1. The minimum absolute atomic E-state index is 0.164. The quantitative estimate of drug-likeness (QED) is 0.369. The van der Waals surface area contributed by atoms with Gasteiger partial charge in [-0.2, -0.15) is 0 Å². The monoisotopic (exact) mass is 170 g/mol. The van der Waals surface area contributed by atoms with Crippen LogP contribution in [0.1, 0.15) is 6.92 Å². The van der Waals surface area contributed by atoms with Crippen LogP contribution in [0.25, 0.3) is 0 Å². The highest BCUT2D eigenvalue weighted by Crippen LogP contribution is 2.02. The molecule has 0 atom stereocenters. The lowest BCUT2D eigenvalue weighted by Gasteiger charge is -1.97. The number of carbonyl (C=O) groups excluding carboxylic acids is 1. The van der Waals surface area contributed by atoms with Crippen LogP contribution < -0.4 is 0 Å². The van der Waals surface area contributed by atoms with Crippen molar-refractivity contribution >= 4 is 29.8 Å². The minimum atomic E-state index is -0.739. The fraction of sp³-hybridized carbons (Fsp3) is 0.750. The molecule has 54 valence electrons. The Balaban J connectivity index is 3.06. The normalized spacial score (nSPS) is 8.67. The molecule has 0 bridgehead atoms. The van der Waals surface area contributed by atoms with Crippen molar-refractivity contribution in [2.24, 2.45) is 0 Å². The summed E-state index contributed by atoms with van der Waals surface area (Å²) in [4.78, 5) is 10.3. The first-order valence-electron chi connectivity index (χ1n) is 2.33. The second-order valence-corrected chi connectivity index (χ2v) is 2.19. The zero-order valence-electron chi connectivity index (χ0n) is 4.93. The third kappa shape index (κ3) is 5.79. The van der Waals surface area contributed by atoms with Gasteiger partial charge >= 0.3 is 6.16 Å². The predicted octanol–water partition coefficient (Wildman–Crippen LogP) is 2.00. The van der Waals surface area contributed by atoms with E-state index in [0.717, 1.165) is 12.0 Å². The molecule has 3 nitrogen and oxygen atoms in total. The van der Waals surface area contributed by atoms with E-state index in [-0.39, 0.29) is 6.07 Å². The van der Waals surface area contributed by atoms with Crippen LogP contribution >= 0.6 is 23.6 Å². The summed E-state index contributed by atoms with van der Waals surface area (Å²) < 4.78 is 8.63. The topological polar surface area (TPSA) is 35.5 Å². The number of ether oxygens (including phenoxy) is 1. The SMILES string of the molecule is CCSOC(=O)OCCl. The van der Waals surface area contributed by atoms with Gasteiger partial charge in [-0.1, -0.05) is 18.5 Å². The molecule has 0 aromatic heterocycles. The fourth-order valence-corrected chi connectivity index (χ4v) is 0.527. The Morgan fingerprint density at radius 3 is 2.89 bits per heavy atom. The van der Waals surface area contributed by atoms with Crippen molar-refractivity contribution in [3.8, 4) is 0 Å². The highest BCUT2D eigenvalue weighted by molar-refractivity contribution is 7.95. The molecule has 0 aromatic rings. The van der Waals surface area contributed by atoms with Crippen molar-refractivity contribution in [2.45, 2.75) is 6.92 Å². The Hall–Kier alpha value is -0.0900. The van der Waals surface area contributed by atoms with E-state index in [2.05, 4.69) is 8.92 Å². The third-order valence-corrected chi connectivity index (χ3v) is 1.02. The highest BCUT2D eigenvalue weighted by Gasteiger charge is 2.00. The van der Waals surface area contributed by atoms with E-state index in [1.165, 1.54) is 0 Å². The number of carbonyl (C=O) groups is 1. The first-order chi connectivity index (χ1) is 4.31. The van der Waals surface area contributed by atoms with Crippen molar-refractivity contribution in [1.82, 2.24) is 0 Å². The maximum atomic E-state index is 10.3.